The quantitative estimate of drug-likeness (QED) is 0.678. The van der Waals surface area contributed by atoms with E-state index in [1.54, 1.807) is 0 Å². The molecule has 2 aromatic rings. The van der Waals surface area contributed by atoms with Crippen LogP contribution in [0.5, 0.6) is 0 Å². The molecule has 1 unspecified atom stereocenters. The minimum absolute atomic E-state index is 0.0979. The van der Waals surface area contributed by atoms with Gasteiger partial charge in [0.2, 0.25) is 0 Å². The molecule has 1 heteroatoms. The molecular formula is C26H26O. The van der Waals surface area contributed by atoms with E-state index in [2.05, 4.69) is 54.6 Å². The first-order chi connectivity index (χ1) is 13.3. The Morgan fingerprint density at radius 1 is 0.963 bits per heavy atom. The molecule has 0 saturated heterocycles. The molecule has 1 nitrogen and oxygen atoms in total. The summed E-state index contributed by atoms with van der Waals surface area (Å²) in [5.74, 6) is 1.49. The number of aliphatic hydroxyl groups is 1. The molecule has 136 valence electrons. The molecule has 0 amide bonds. The Morgan fingerprint density at radius 2 is 1.85 bits per heavy atom. The summed E-state index contributed by atoms with van der Waals surface area (Å²) in [6, 6.07) is 15.3. The number of hydrogen-bond donors (Lipinski definition) is 1. The van der Waals surface area contributed by atoms with Gasteiger partial charge in [0.25, 0.3) is 0 Å². The lowest BCUT2D eigenvalue weighted by Crippen LogP contribution is -2.05. The van der Waals surface area contributed by atoms with Crippen molar-refractivity contribution in [3.05, 3.63) is 88.5 Å². The van der Waals surface area contributed by atoms with Crippen molar-refractivity contribution in [1.29, 1.82) is 0 Å². The van der Waals surface area contributed by atoms with E-state index in [0.717, 1.165) is 17.9 Å². The molecule has 0 bridgehead atoms. The number of aliphatic hydroxyl groups excluding tert-OH is 1. The smallest absolute Gasteiger partial charge is 0.0682 e. The second kappa shape index (κ2) is 6.98. The highest BCUT2D eigenvalue weighted by Gasteiger charge is 2.28. The highest BCUT2D eigenvalue weighted by Crippen LogP contribution is 2.44. The summed E-state index contributed by atoms with van der Waals surface area (Å²) in [6.07, 6.45) is 16.0. The first kappa shape index (κ1) is 16.8. The molecule has 0 radical (unpaired) electrons. The van der Waals surface area contributed by atoms with Crippen LogP contribution in [0.4, 0.5) is 0 Å². The lowest BCUT2D eigenvalue weighted by molar-refractivity contribution is 0.282. The van der Waals surface area contributed by atoms with Gasteiger partial charge in [0, 0.05) is 5.92 Å². The summed E-state index contributed by atoms with van der Waals surface area (Å²) in [4.78, 5) is 0. The Balaban J connectivity index is 1.40. The largest absolute Gasteiger partial charge is 0.392 e. The van der Waals surface area contributed by atoms with Gasteiger partial charge in [-0.25, -0.2) is 0 Å². The zero-order valence-electron chi connectivity index (χ0n) is 15.7. The Bertz CT molecular complexity index is 954. The first-order valence-corrected chi connectivity index (χ1v) is 10.3. The molecule has 5 rings (SSSR count). The topological polar surface area (TPSA) is 20.2 Å². The van der Waals surface area contributed by atoms with Crippen LogP contribution in [0, 0.1) is 5.92 Å². The van der Waals surface area contributed by atoms with Crippen LogP contribution in [0.15, 0.2) is 60.7 Å². The van der Waals surface area contributed by atoms with Crippen molar-refractivity contribution in [2.24, 2.45) is 5.92 Å². The molecule has 0 aliphatic heterocycles. The summed E-state index contributed by atoms with van der Waals surface area (Å²) < 4.78 is 0. The number of fused-ring (bicyclic) bond motifs is 1. The maximum Gasteiger partial charge on any atom is 0.0682 e. The molecule has 3 aliphatic rings. The molecule has 2 aromatic carbocycles. The Hall–Kier alpha value is -2.38. The molecule has 1 saturated carbocycles. The average Bonchev–Trinajstić information content (AvgIpc) is 3.47. The SMILES string of the molecule is OCc1cccc(C2=CC(c3ccc4c(c3)C=CC4C3CCCC3)=CC2)c1. The molecule has 3 aliphatic carbocycles. The molecule has 1 fully saturated rings. The van der Waals surface area contributed by atoms with Crippen LogP contribution in [-0.4, -0.2) is 5.11 Å². The Kier molecular flexibility index (Phi) is 4.33. The van der Waals surface area contributed by atoms with Gasteiger partial charge in [-0.1, -0.05) is 67.5 Å². The molecule has 0 heterocycles. The second-order valence-electron chi connectivity index (χ2n) is 8.16. The van der Waals surface area contributed by atoms with Gasteiger partial charge in [0.1, 0.15) is 0 Å². The first-order valence-electron chi connectivity index (χ1n) is 10.3. The number of rotatable bonds is 4. The maximum absolute atomic E-state index is 9.39. The minimum Gasteiger partial charge on any atom is -0.392 e. The third-order valence-electron chi connectivity index (χ3n) is 6.52. The fraction of sp³-hybridized carbons (Fsp3) is 0.308. The number of hydrogen-bond acceptors (Lipinski definition) is 1. The predicted octanol–water partition coefficient (Wildman–Crippen LogP) is 6.35. The van der Waals surface area contributed by atoms with Crippen LogP contribution in [0.1, 0.15) is 65.8 Å². The van der Waals surface area contributed by atoms with E-state index < -0.39 is 0 Å². The van der Waals surface area contributed by atoms with Crippen molar-refractivity contribution >= 4 is 17.2 Å². The molecule has 1 atom stereocenters. The van der Waals surface area contributed by atoms with E-state index in [-0.39, 0.29) is 6.61 Å². The van der Waals surface area contributed by atoms with Gasteiger partial charge in [-0.15, -0.1) is 0 Å². The van der Waals surface area contributed by atoms with E-state index in [1.165, 1.54) is 59.1 Å². The Labute approximate surface area is 161 Å². The zero-order chi connectivity index (χ0) is 18.2. The monoisotopic (exact) mass is 354 g/mol. The highest BCUT2D eigenvalue weighted by atomic mass is 16.3. The average molecular weight is 354 g/mol. The third kappa shape index (κ3) is 3.11. The zero-order valence-corrected chi connectivity index (χ0v) is 15.7. The molecule has 0 spiro atoms. The van der Waals surface area contributed by atoms with Crippen molar-refractivity contribution < 1.29 is 5.11 Å². The van der Waals surface area contributed by atoms with Crippen molar-refractivity contribution in [3.8, 4) is 0 Å². The second-order valence-corrected chi connectivity index (χ2v) is 8.16. The number of allylic oxidation sites excluding steroid dienone is 5. The van der Waals surface area contributed by atoms with Gasteiger partial charge in [-0.05, 0) is 76.3 Å². The summed E-state index contributed by atoms with van der Waals surface area (Å²) in [5.41, 5.74) is 9.11. The van der Waals surface area contributed by atoms with Crippen LogP contribution >= 0.6 is 0 Å². The molecule has 0 aromatic heterocycles. The highest BCUT2D eigenvalue weighted by molar-refractivity contribution is 5.90. The van der Waals surface area contributed by atoms with Crippen molar-refractivity contribution in [2.45, 2.75) is 44.6 Å². The standard InChI is InChI=1S/C26H26O/c27-17-18-4-3-7-20(14-18)21-8-9-22(15-21)23-10-12-26-24(16-23)11-13-25(26)19-5-1-2-6-19/h3-4,7,9-16,19,25,27H,1-2,5-6,8,17H2. The summed E-state index contributed by atoms with van der Waals surface area (Å²) >= 11 is 0. The number of benzene rings is 2. The van der Waals surface area contributed by atoms with Gasteiger partial charge in [-0.2, -0.15) is 0 Å². The van der Waals surface area contributed by atoms with E-state index in [1.807, 2.05) is 12.1 Å². The lowest BCUT2D eigenvalue weighted by atomic mass is 9.86. The van der Waals surface area contributed by atoms with Crippen molar-refractivity contribution in [1.82, 2.24) is 0 Å². The summed E-state index contributed by atoms with van der Waals surface area (Å²) in [7, 11) is 0. The van der Waals surface area contributed by atoms with Gasteiger partial charge < -0.3 is 5.11 Å². The van der Waals surface area contributed by atoms with E-state index in [9.17, 15) is 5.11 Å². The van der Waals surface area contributed by atoms with E-state index in [4.69, 9.17) is 0 Å². The predicted molar refractivity (Wildman–Crippen MR) is 113 cm³/mol. The van der Waals surface area contributed by atoms with E-state index in [0.29, 0.717) is 5.92 Å². The van der Waals surface area contributed by atoms with E-state index >= 15 is 0 Å². The van der Waals surface area contributed by atoms with Crippen molar-refractivity contribution in [2.75, 3.05) is 0 Å². The fourth-order valence-electron chi connectivity index (χ4n) is 5.04. The van der Waals surface area contributed by atoms with Gasteiger partial charge in [0.15, 0.2) is 0 Å². The molecule has 1 N–H and O–H groups in total. The van der Waals surface area contributed by atoms with Gasteiger partial charge >= 0.3 is 0 Å². The van der Waals surface area contributed by atoms with Crippen molar-refractivity contribution in [3.63, 3.8) is 0 Å². The van der Waals surface area contributed by atoms with Gasteiger partial charge in [0.05, 0.1) is 6.61 Å². The normalized spacial score (nSPS) is 21.4. The van der Waals surface area contributed by atoms with Gasteiger partial charge in [-0.3, -0.25) is 0 Å². The fourth-order valence-corrected chi connectivity index (χ4v) is 5.04. The lowest BCUT2D eigenvalue weighted by Gasteiger charge is -2.18. The van der Waals surface area contributed by atoms with Crippen LogP contribution in [0.3, 0.4) is 0 Å². The van der Waals surface area contributed by atoms with Crippen LogP contribution in [0.25, 0.3) is 17.2 Å². The summed E-state index contributed by atoms with van der Waals surface area (Å²) in [6.45, 7) is 0.0979. The van der Waals surface area contributed by atoms with Crippen LogP contribution < -0.4 is 0 Å². The molecule has 27 heavy (non-hydrogen) atoms. The Morgan fingerprint density at radius 3 is 2.70 bits per heavy atom. The summed E-state index contributed by atoms with van der Waals surface area (Å²) in [5, 5.41) is 9.39. The maximum atomic E-state index is 9.39. The minimum atomic E-state index is 0.0979. The van der Waals surface area contributed by atoms with Crippen LogP contribution in [0.2, 0.25) is 0 Å². The third-order valence-corrected chi connectivity index (χ3v) is 6.52. The van der Waals surface area contributed by atoms with Crippen LogP contribution in [-0.2, 0) is 6.61 Å². The molecular weight excluding hydrogens is 328 g/mol.